The van der Waals surface area contributed by atoms with Crippen molar-refractivity contribution >= 4 is 34.7 Å². The molecular formula is C27H23N7OS. The maximum Gasteiger partial charge on any atom is 0.278 e. The van der Waals surface area contributed by atoms with E-state index in [1.54, 1.807) is 23.1 Å². The zero-order chi connectivity index (χ0) is 24.7. The molecule has 178 valence electrons. The summed E-state index contributed by atoms with van der Waals surface area (Å²) in [5, 5.41) is 15.4. The molecule has 0 spiro atoms. The molecule has 2 N–H and O–H groups in total. The lowest BCUT2D eigenvalue weighted by Gasteiger charge is -2.10. The smallest absolute Gasteiger partial charge is 0.278 e. The number of carbonyl (C=O) groups is 1. The number of rotatable bonds is 8. The van der Waals surface area contributed by atoms with Crippen LogP contribution in [-0.2, 0) is 5.75 Å². The van der Waals surface area contributed by atoms with E-state index in [9.17, 15) is 4.79 Å². The van der Waals surface area contributed by atoms with Gasteiger partial charge in [0.05, 0.1) is 11.4 Å². The maximum absolute atomic E-state index is 13.2. The zero-order valence-electron chi connectivity index (χ0n) is 19.5. The van der Waals surface area contributed by atoms with E-state index in [2.05, 4.69) is 30.9 Å². The Bertz CT molecular complexity index is 1440. The molecule has 0 fully saturated rings. The van der Waals surface area contributed by atoms with Crippen molar-refractivity contribution in [2.75, 3.05) is 10.6 Å². The predicted octanol–water partition coefficient (Wildman–Crippen LogP) is 5.65. The first-order chi connectivity index (χ1) is 17.7. The van der Waals surface area contributed by atoms with Crippen LogP contribution in [-0.4, -0.2) is 30.9 Å². The fourth-order valence-electron chi connectivity index (χ4n) is 3.51. The molecule has 0 saturated heterocycles. The molecule has 1 amide bonds. The molecule has 0 aliphatic heterocycles. The monoisotopic (exact) mass is 493 g/mol. The minimum absolute atomic E-state index is 0.255. The van der Waals surface area contributed by atoms with Crippen LogP contribution in [0, 0.1) is 6.92 Å². The minimum Gasteiger partial charge on any atom is -0.356 e. The lowest BCUT2D eigenvalue weighted by Crippen LogP contribution is -2.15. The van der Waals surface area contributed by atoms with Crippen molar-refractivity contribution < 1.29 is 4.79 Å². The molecule has 0 saturated carbocycles. The van der Waals surface area contributed by atoms with E-state index < -0.39 is 0 Å². The third-order valence-corrected chi connectivity index (χ3v) is 6.23. The van der Waals surface area contributed by atoms with Crippen molar-refractivity contribution in [1.29, 1.82) is 0 Å². The number of nitrogens with one attached hydrogen (secondary N) is 2. The first kappa shape index (κ1) is 23.3. The summed E-state index contributed by atoms with van der Waals surface area (Å²) in [7, 11) is 0. The Hall–Kier alpha value is -4.50. The van der Waals surface area contributed by atoms with Gasteiger partial charge >= 0.3 is 0 Å². The van der Waals surface area contributed by atoms with E-state index in [4.69, 9.17) is 0 Å². The highest BCUT2D eigenvalue weighted by atomic mass is 32.2. The van der Waals surface area contributed by atoms with Gasteiger partial charge in [-0.05, 0) is 61.5 Å². The van der Waals surface area contributed by atoms with E-state index in [1.807, 2.05) is 85.8 Å². The molecule has 0 aliphatic carbocycles. The fourth-order valence-corrected chi connectivity index (χ4v) is 4.30. The van der Waals surface area contributed by atoms with E-state index in [-0.39, 0.29) is 11.6 Å². The van der Waals surface area contributed by atoms with Crippen LogP contribution >= 0.6 is 11.8 Å². The van der Waals surface area contributed by atoms with Crippen LogP contribution in [0.25, 0.3) is 5.69 Å². The molecule has 5 aromatic rings. The van der Waals surface area contributed by atoms with Crippen molar-refractivity contribution in [1.82, 2.24) is 25.0 Å². The van der Waals surface area contributed by atoms with Crippen LogP contribution in [0.1, 0.15) is 21.7 Å². The highest BCUT2D eigenvalue weighted by Crippen LogP contribution is 2.24. The van der Waals surface area contributed by atoms with Gasteiger partial charge in [0, 0.05) is 35.2 Å². The van der Waals surface area contributed by atoms with Gasteiger partial charge < -0.3 is 10.6 Å². The molecule has 9 heteroatoms. The van der Waals surface area contributed by atoms with Gasteiger partial charge in [-0.2, -0.15) is 0 Å². The largest absolute Gasteiger partial charge is 0.356 e. The Morgan fingerprint density at radius 1 is 0.833 bits per heavy atom. The Morgan fingerprint density at radius 3 is 2.22 bits per heavy atom. The van der Waals surface area contributed by atoms with Crippen molar-refractivity contribution in [3.8, 4) is 5.69 Å². The lowest BCUT2D eigenvalue weighted by molar-refractivity contribution is 0.102. The van der Waals surface area contributed by atoms with Gasteiger partial charge in [0.25, 0.3) is 5.91 Å². The van der Waals surface area contributed by atoms with Gasteiger partial charge in [-0.3, -0.25) is 4.79 Å². The Balaban J connectivity index is 1.36. The Labute approximate surface area is 212 Å². The van der Waals surface area contributed by atoms with Crippen LogP contribution in [0.4, 0.5) is 17.1 Å². The van der Waals surface area contributed by atoms with E-state index in [1.165, 1.54) is 11.8 Å². The molecule has 2 aromatic heterocycles. The van der Waals surface area contributed by atoms with Crippen LogP contribution in [0.15, 0.2) is 102 Å². The fraction of sp³-hybridized carbons (Fsp3) is 0.0741. The number of aryl methyl sites for hydroxylation is 1. The van der Waals surface area contributed by atoms with Crippen LogP contribution in [0.5, 0.6) is 0 Å². The molecule has 8 nitrogen and oxygen atoms in total. The van der Waals surface area contributed by atoms with Crippen LogP contribution in [0.3, 0.4) is 0 Å². The molecular weight excluding hydrogens is 470 g/mol. The topological polar surface area (TPSA) is 97.6 Å². The molecule has 0 aliphatic rings. The summed E-state index contributed by atoms with van der Waals surface area (Å²) in [6.45, 7) is 2.02. The zero-order valence-corrected chi connectivity index (χ0v) is 20.3. The average Bonchev–Trinajstić information content (AvgIpc) is 3.34. The molecule has 0 radical (unpaired) electrons. The van der Waals surface area contributed by atoms with Gasteiger partial charge in [0.2, 0.25) is 0 Å². The number of hydrogen-bond acceptors (Lipinski definition) is 7. The molecule has 36 heavy (non-hydrogen) atoms. The highest BCUT2D eigenvalue weighted by molar-refractivity contribution is 7.98. The molecule has 0 atom stereocenters. The summed E-state index contributed by atoms with van der Waals surface area (Å²) in [5.74, 6) is 0.0924. The average molecular weight is 494 g/mol. The first-order valence-corrected chi connectivity index (χ1v) is 12.3. The van der Waals surface area contributed by atoms with Crippen molar-refractivity contribution in [3.05, 3.63) is 114 Å². The van der Waals surface area contributed by atoms with Crippen molar-refractivity contribution in [3.63, 3.8) is 0 Å². The summed E-state index contributed by atoms with van der Waals surface area (Å²) in [4.78, 5) is 21.8. The predicted molar refractivity (Wildman–Crippen MR) is 142 cm³/mol. The Kier molecular flexibility index (Phi) is 7.00. The molecule has 0 unspecified atom stereocenters. The number of hydrogen-bond donors (Lipinski definition) is 2. The van der Waals surface area contributed by atoms with Gasteiger partial charge in [-0.25, -0.2) is 14.6 Å². The number of para-hydroxylation sites is 1. The molecule has 2 heterocycles. The second-order valence-electron chi connectivity index (χ2n) is 7.97. The van der Waals surface area contributed by atoms with Crippen LogP contribution < -0.4 is 10.6 Å². The third kappa shape index (κ3) is 5.59. The number of aromatic nitrogens is 5. The number of carbonyl (C=O) groups excluding carboxylic acids is 1. The molecule has 5 rings (SSSR count). The summed E-state index contributed by atoms with van der Waals surface area (Å²) >= 11 is 1.42. The SMILES string of the molecule is Cc1ccc(-n2nnc(C(=O)Nc3ccc(Nc4ccccc4)cc3)c2CSc2ncccn2)cc1. The van der Waals surface area contributed by atoms with E-state index >= 15 is 0 Å². The molecule has 0 bridgehead atoms. The van der Waals surface area contributed by atoms with E-state index in [0.29, 0.717) is 22.3 Å². The van der Waals surface area contributed by atoms with Gasteiger partial charge in [-0.1, -0.05) is 52.9 Å². The summed E-state index contributed by atoms with van der Waals surface area (Å²) in [6, 6.07) is 27.1. The Morgan fingerprint density at radius 2 is 1.50 bits per heavy atom. The van der Waals surface area contributed by atoms with Gasteiger partial charge in [0.1, 0.15) is 0 Å². The number of nitrogens with zero attached hydrogens (tertiary/aromatic N) is 5. The lowest BCUT2D eigenvalue weighted by atomic mass is 10.2. The number of thioether (sulfide) groups is 1. The standard InChI is InChI=1S/C27H23N7OS/c1-19-8-14-23(15-9-19)34-24(18-36-27-28-16-5-17-29-27)25(32-33-34)26(35)31-22-12-10-21(11-13-22)30-20-6-3-2-4-7-20/h2-17,30H,18H2,1H3,(H,31,35). The number of benzene rings is 3. The summed E-state index contributed by atoms with van der Waals surface area (Å²) in [6.07, 6.45) is 3.38. The highest BCUT2D eigenvalue weighted by Gasteiger charge is 2.21. The van der Waals surface area contributed by atoms with Crippen molar-refractivity contribution in [2.24, 2.45) is 0 Å². The molecule has 3 aromatic carbocycles. The summed E-state index contributed by atoms with van der Waals surface area (Å²) in [5.41, 5.74) is 5.45. The first-order valence-electron chi connectivity index (χ1n) is 11.3. The summed E-state index contributed by atoms with van der Waals surface area (Å²) < 4.78 is 1.69. The minimum atomic E-state index is -0.332. The second kappa shape index (κ2) is 10.8. The quantitative estimate of drug-likeness (QED) is 0.213. The number of anilines is 3. The number of amides is 1. The second-order valence-corrected chi connectivity index (χ2v) is 8.92. The van der Waals surface area contributed by atoms with Crippen molar-refractivity contribution in [2.45, 2.75) is 17.8 Å². The van der Waals surface area contributed by atoms with Gasteiger partial charge in [0.15, 0.2) is 10.9 Å². The third-order valence-electron chi connectivity index (χ3n) is 5.34. The maximum atomic E-state index is 13.2. The normalized spacial score (nSPS) is 10.7. The van der Waals surface area contributed by atoms with Crippen LogP contribution in [0.2, 0.25) is 0 Å². The van der Waals surface area contributed by atoms with Gasteiger partial charge in [-0.15, -0.1) is 5.10 Å². The van der Waals surface area contributed by atoms with E-state index in [0.717, 1.165) is 22.6 Å².